The highest BCUT2D eigenvalue weighted by Gasteiger charge is 2.49. The Balaban J connectivity index is 1.36. The van der Waals surface area contributed by atoms with E-state index < -0.39 is 17.4 Å². The first-order valence-corrected chi connectivity index (χ1v) is 10.9. The molecule has 168 valence electrons. The number of nitrogens with zero attached hydrogens (tertiary/aromatic N) is 1. The first-order chi connectivity index (χ1) is 15.8. The lowest BCUT2D eigenvalue weighted by atomic mass is 9.90. The van der Waals surface area contributed by atoms with Crippen LogP contribution in [0.4, 0.5) is 4.39 Å². The van der Waals surface area contributed by atoms with Gasteiger partial charge in [-0.2, -0.15) is 0 Å². The molecular formula is C27H24FNO4. The Kier molecular flexibility index (Phi) is 5.27. The number of furan rings is 1. The number of β-amino-alcohol motifs (C(OH)–C–C–N with tert-alkyl or cyclic N) is 1. The van der Waals surface area contributed by atoms with E-state index in [4.69, 9.17) is 9.52 Å². The summed E-state index contributed by atoms with van der Waals surface area (Å²) in [5, 5.41) is 19.9. The Labute approximate surface area is 190 Å². The van der Waals surface area contributed by atoms with Gasteiger partial charge in [0.25, 0.3) is 0 Å². The molecule has 5 rings (SSSR count). The van der Waals surface area contributed by atoms with E-state index in [1.807, 2.05) is 49.4 Å². The Hall–Kier alpha value is -3.48. The van der Waals surface area contributed by atoms with Crippen LogP contribution in [0.5, 0.6) is 0 Å². The van der Waals surface area contributed by atoms with Crippen LogP contribution >= 0.6 is 0 Å². The maximum atomic E-state index is 15.0. The zero-order chi connectivity index (χ0) is 23.2. The standard InChI is InChI=1S/C27H24FNO4/c1-17(29-15-27(32,16-29)26(30)31)20-8-9-22(23(28)13-20)25-14-21-12-19(7-10-24(21)33-25)11-18-5-3-2-4-6-18/h2-10,12-14,17,32H,11,15-16H2,1H3,(H,30,31). The van der Waals surface area contributed by atoms with Crippen LogP contribution in [0.1, 0.15) is 29.7 Å². The first kappa shape index (κ1) is 21.4. The molecule has 1 unspecified atom stereocenters. The lowest BCUT2D eigenvalue weighted by Gasteiger charge is -2.46. The SMILES string of the molecule is CC(c1ccc(-c2cc3cc(Cc4ccccc4)ccc3o2)c(F)c1)N1CC(O)(C(=O)O)C1. The summed E-state index contributed by atoms with van der Waals surface area (Å²) in [4.78, 5) is 12.9. The van der Waals surface area contributed by atoms with Crippen molar-refractivity contribution in [3.63, 3.8) is 0 Å². The summed E-state index contributed by atoms with van der Waals surface area (Å²) in [6.07, 6.45) is 0.811. The number of aliphatic hydroxyl groups is 1. The van der Waals surface area contributed by atoms with Crippen LogP contribution < -0.4 is 0 Å². The van der Waals surface area contributed by atoms with E-state index >= 15 is 4.39 Å². The number of hydrogen-bond donors (Lipinski definition) is 2. The van der Waals surface area contributed by atoms with Crippen molar-refractivity contribution in [2.45, 2.75) is 25.0 Å². The van der Waals surface area contributed by atoms with Crippen molar-refractivity contribution in [3.05, 3.63) is 95.3 Å². The van der Waals surface area contributed by atoms with E-state index in [0.29, 0.717) is 22.5 Å². The second-order valence-corrected chi connectivity index (χ2v) is 8.80. The third kappa shape index (κ3) is 4.03. The number of carboxylic acids is 1. The van der Waals surface area contributed by atoms with E-state index in [2.05, 4.69) is 18.2 Å². The molecule has 0 radical (unpaired) electrons. The summed E-state index contributed by atoms with van der Waals surface area (Å²) in [6.45, 7) is 1.90. The summed E-state index contributed by atoms with van der Waals surface area (Å²) in [6, 6.07) is 22.8. The predicted molar refractivity (Wildman–Crippen MR) is 123 cm³/mol. The van der Waals surface area contributed by atoms with Crippen molar-refractivity contribution in [1.29, 1.82) is 0 Å². The molecule has 33 heavy (non-hydrogen) atoms. The highest BCUT2D eigenvalue weighted by molar-refractivity contribution is 5.83. The number of carbonyl (C=O) groups is 1. The second-order valence-electron chi connectivity index (χ2n) is 8.80. The highest BCUT2D eigenvalue weighted by atomic mass is 19.1. The molecule has 2 heterocycles. The quantitative estimate of drug-likeness (QED) is 0.436. The van der Waals surface area contributed by atoms with E-state index in [9.17, 15) is 9.90 Å². The zero-order valence-electron chi connectivity index (χ0n) is 18.2. The van der Waals surface area contributed by atoms with E-state index in [0.717, 1.165) is 17.4 Å². The number of halogens is 1. The van der Waals surface area contributed by atoms with Crippen LogP contribution in [0.2, 0.25) is 0 Å². The molecule has 2 N–H and O–H groups in total. The molecule has 0 spiro atoms. The maximum absolute atomic E-state index is 15.0. The first-order valence-electron chi connectivity index (χ1n) is 10.9. The Morgan fingerprint density at radius 3 is 2.52 bits per heavy atom. The Morgan fingerprint density at radius 1 is 1.06 bits per heavy atom. The molecule has 1 aliphatic heterocycles. The number of rotatable bonds is 6. The molecule has 5 nitrogen and oxygen atoms in total. The number of likely N-dealkylation sites (tertiary alicyclic amines) is 1. The number of fused-ring (bicyclic) bond motifs is 1. The number of hydrogen-bond acceptors (Lipinski definition) is 4. The van der Waals surface area contributed by atoms with Crippen molar-refractivity contribution in [2.75, 3.05) is 13.1 Å². The molecule has 1 saturated heterocycles. The zero-order valence-corrected chi connectivity index (χ0v) is 18.2. The fourth-order valence-corrected chi connectivity index (χ4v) is 4.40. The van der Waals surface area contributed by atoms with Crippen LogP contribution in [0.15, 0.2) is 77.2 Å². The van der Waals surface area contributed by atoms with Gasteiger partial charge in [-0.05, 0) is 60.4 Å². The number of benzene rings is 3. The maximum Gasteiger partial charge on any atom is 0.338 e. The van der Waals surface area contributed by atoms with Gasteiger partial charge in [0.05, 0.1) is 5.56 Å². The third-order valence-electron chi connectivity index (χ3n) is 6.45. The van der Waals surface area contributed by atoms with Gasteiger partial charge >= 0.3 is 5.97 Å². The molecule has 4 aromatic rings. The molecule has 0 bridgehead atoms. The van der Waals surface area contributed by atoms with E-state index in [1.165, 1.54) is 11.6 Å². The number of aliphatic carboxylic acids is 1. The summed E-state index contributed by atoms with van der Waals surface area (Å²) >= 11 is 0. The van der Waals surface area contributed by atoms with Crippen LogP contribution in [0.25, 0.3) is 22.3 Å². The van der Waals surface area contributed by atoms with Crippen molar-refractivity contribution >= 4 is 16.9 Å². The van der Waals surface area contributed by atoms with Crippen LogP contribution in [-0.4, -0.2) is 39.8 Å². The van der Waals surface area contributed by atoms with E-state index in [1.54, 1.807) is 11.0 Å². The van der Waals surface area contributed by atoms with Crippen LogP contribution in [0, 0.1) is 5.82 Å². The van der Waals surface area contributed by atoms with Crippen molar-refractivity contribution in [2.24, 2.45) is 0 Å². The van der Waals surface area contributed by atoms with Crippen LogP contribution in [0.3, 0.4) is 0 Å². The van der Waals surface area contributed by atoms with E-state index in [-0.39, 0.29) is 19.1 Å². The smallest absolute Gasteiger partial charge is 0.338 e. The third-order valence-corrected chi connectivity index (χ3v) is 6.45. The minimum atomic E-state index is -1.72. The fourth-order valence-electron chi connectivity index (χ4n) is 4.40. The molecule has 1 fully saturated rings. The summed E-state index contributed by atoms with van der Waals surface area (Å²) < 4.78 is 21.0. The van der Waals surface area contributed by atoms with Crippen molar-refractivity contribution in [1.82, 2.24) is 4.90 Å². The largest absolute Gasteiger partial charge is 0.479 e. The molecule has 1 atom stereocenters. The lowest BCUT2D eigenvalue weighted by Crippen LogP contribution is -2.66. The summed E-state index contributed by atoms with van der Waals surface area (Å²) in [5.74, 6) is -1.18. The fraction of sp³-hybridized carbons (Fsp3) is 0.222. The topological polar surface area (TPSA) is 73.9 Å². The van der Waals surface area contributed by atoms with Gasteiger partial charge in [0.1, 0.15) is 17.2 Å². The molecule has 0 aliphatic carbocycles. The molecule has 3 aromatic carbocycles. The minimum absolute atomic E-state index is 0.0156. The Morgan fingerprint density at radius 2 is 1.82 bits per heavy atom. The summed E-state index contributed by atoms with van der Waals surface area (Å²) in [7, 11) is 0. The lowest BCUT2D eigenvalue weighted by molar-refractivity contribution is -0.181. The molecule has 1 aliphatic rings. The average molecular weight is 445 g/mol. The Bertz CT molecular complexity index is 1320. The molecular weight excluding hydrogens is 421 g/mol. The normalized spacial score (nSPS) is 16.5. The predicted octanol–water partition coefficient (Wildman–Crippen LogP) is 5.02. The van der Waals surface area contributed by atoms with Crippen molar-refractivity contribution in [3.8, 4) is 11.3 Å². The molecule has 6 heteroatoms. The van der Waals surface area contributed by atoms with Gasteiger partial charge in [-0.25, -0.2) is 9.18 Å². The van der Waals surface area contributed by atoms with Gasteiger partial charge in [-0.3, -0.25) is 4.90 Å². The highest BCUT2D eigenvalue weighted by Crippen LogP contribution is 2.35. The second kappa shape index (κ2) is 8.14. The van der Waals surface area contributed by atoms with Crippen LogP contribution in [-0.2, 0) is 11.2 Å². The average Bonchev–Trinajstić information content (AvgIpc) is 3.20. The van der Waals surface area contributed by atoms with Gasteiger partial charge in [0.15, 0.2) is 5.60 Å². The minimum Gasteiger partial charge on any atom is -0.479 e. The number of carboxylic acid groups (broad SMARTS) is 1. The molecule has 0 amide bonds. The molecule has 1 aromatic heterocycles. The summed E-state index contributed by atoms with van der Waals surface area (Å²) in [5.41, 5.74) is 2.44. The monoisotopic (exact) mass is 445 g/mol. The van der Waals surface area contributed by atoms with Gasteiger partial charge in [-0.1, -0.05) is 42.5 Å². The van der Waals surface area contributed by atoms with Crippen molar-refractivity contribution < 1.29 is 23.8 Å². The van der Waals surface area contributed by atoms with Gasteiger partial charge in [0, 0.05) is 24.5 Å². The van der Waals surface area contributed by atoms with Gasteiger partial charge in [0.2, 0.25) is 0 Å². The van der Waals surface area contributed by atoms with Gasteiger partial charge < -0.3 is 14.6 Å². The van der Waals surface area contributed by atoms with Gasteiger partial charge in [-0.15, -0.1) is 0 Å². The molecule has 0 saturated carbocycles.